The number of carboxylic acids is 1. The molecule has 1 atom stereocenters. The summed E-state index contributed by atoms with van der Waals surface area (Å²) >= 11 is 0. The summed E-state index contributed by atoms with van der Waals surface area (Å²) in [5.74, 6) is -0.873. The summed E-state index contributed by atoms with van der Waals surface area (Å²) < 4.78 is 5.37. The molecular weight excluding hydrogens is 270 g/mol. The Balaban J connectivity index is 1.91. The van der Waals surface area contributed by atoms with E-state index in [9.17, 15) is 9.59 Å². The third-order valence-corrected chi connectivity index (χ3v) is 3.68. The molecule has 1 fully saturated rings. The largest absolute Gasteiger partial charge is 0.481 e. The first-order chi connectivity index (χ1) is 10.1. The number of rotatable bonds is 5. The van der Waals surface area contributed by atoms with Crippen LogP contribution in [0.25, 0.3) is 0 Å². The first-order valence-corrected chi connectivity index (χ1v) is 7.27. The Hall–Kier alpha value is -1.88. The number of carboxylic acid groups (broad SMARTS) is 1. The zero-order valence-electron chi connectivity index (χ0n) is 12.2. The second kappa shape index (κ2) is 7.22. The van der Waals surface area contributed by atoms with Crippen molar-refractivity contribution < 1.29 is 19.4 Å². The highest BCUT2D eigenvalue weighted by Crippen LogP contribution is 2.12. The van der Waals surface area contributed by atoms with Crippen LogP contribution in [0.4, 0.5) is 0 Å². The van der Waals surface area contributed by atoms with Gasteiger partial charge in [-0.2, -0.15) is 0 Å². The van der Waals surface area contributed by atoms with Crippen molar-refractivity contribution in [1.82, 2.24) is 4.90 Å². The SMILES string of the molecule is CCc1ccc(CC(=O)N2CCOC(CC(=O)O)C2)cc1. The van der Waals surface area contributed by atoms with Crippen LogP contribution < -0.4 is 0 Å². The van der Waals surface area contributed by atoms with Crippen LogP contribution in [0.3, 0.4) is 0 Å². The van der Waals surface area contributed by atoms with Gasteiger partial charge in [0.25, 0.3) is 0 Å². The minimum atomic E-state index is -0.899. The number of hydrogen-bond donors (Lipinski definition) is 1. The van der Waals surface area contributed by atoms with Gasteiger partial charge in [-0.25, -0.2) is 0 Å². The van der Waals surface area contributed by atoms with Gasteiger partial charge in [-0.15, -0.1) is 0 Å². The van der Waals surface area contributed by atoms with Crippen LogP contribution in [0, 0.1) is 0 Å². The number of hydrogen-bond acceptors (Lipinski definition) is 3. The lowest BCUT2D eigenvalue weighted by Gasteiger charge is -2.32. The molecule has 1 aromatic carbocycles. The molecule has 1 aliphatic heterocycles. The Labute approximate surface area is 124 Å². The van der Waals surface area contributed by atoms with E-state index in [1.54, 1.807) is 4.90 Å². The molecule has 0 bridgehead atoms. The monoisotopic (exact) mass is 291 g/mol. The normalized spacial score (nSPS) is 18.5. The Kier molecular flexibility index (Phi) is 5.33. The maximum atomic E-state index is 12.3. The number of morpholine rings is 1. The number of aryl methyl sites for hydroxylation is 1. The van der Waals surface area contributed by atoms with Crippen molar-refractivity contribution in [2.75, 3.05) is 19.7 Å². The summed E-state index contributed by atoms with van der Waals surface area (Å²) in [5, 5.41) is 8.79. The third kappa shape index (κ3) is 4.56. The molecule has 5 heteroatoms. The molecule has 1 aromatic rings. The van der Waals surface area contributed by atoms with E-state index < -0.39 is 12.1 Å². The number of amides is 1. The van der Waals surface area contributed by atoms with Crippen molar-refractivity contribution in [1.29, 1.82) is 0 Å². The van der Waals surface area contributed by atoms with E-state index in [0.717, 1.165) is 12.0 Å². The van der Waals surface area contributed by atoms with Crippen molar-refractivity contribution in [2.24, 2.45) is 0 Å². The van der Waals surface area contributed by atoms with Crippen molar-refractivity contribution in [3.05, 3.63) is 35.4 Å². The van der Waals surface area contributed by atoms with Crippen molar-refractivity contribution in [3.8, 4) is 0 Å². The molecule has 1 amide bonds. The van der Waals surface area contributed by atoms with E-state index in [4.69, 9.17) is 9.84 Å². The molecule has 5 nitrogen and oxygen atoms in total. The van der Waals surface area contributed by atoms with Gasteiger partial charge in [-0.05, 0) is 17.5 Å². The summed E-state index contributed by atoms with van der Waals surface area (Å²) in [6.45, 7) is 3.38. The van der Waals surface area contributed by atoms with Gasteiger partial charge in [0, 0.05) is 13.1 Å². The highest BCUT2D eigenvalue weighted by Gasteiger charge is 2.25. The summed E-state index contributed by atoms with van der Waals surface area (Å²) in [4.78, 5) is 24.7. The van der Waals surface area contributed by atoms with Crippen LogP contribution in [0.5, 0.6) is 0 Å². The maximum Gasteiger partial charge on any atom is 0.306 e. The van der Waals surface area contributed by atoms with Crippen LogP contribution in [0.15, 0.2) is 24.3 Å². The Morgan fingerprint density at radius 2 is 1.95 bits per heavy atom. The lowest BCUT2D eigenvalue weighted by atomic mass is 10.1. The van der Waals surface area contributed by atoms with Gasteiger partial charge in [0.2, 0.25) is 5.91 Å². The van der Waals surface area contributed by atoms with Gasteiger partial charge in [-0.1, -0.05) is 31.2 Å². The molecule has 1 N–H and O–H groups in total. The summed E-state index contributed by atoms with van der Waals surface area (Å²) in [6, 6.07) is 8.03. The second-order valence-corrected chi connectivity index (χ2v) is 5.28. The molecule has 1 saturated heterocycles. The number of ether oxygens (including phenoxy) is 1. The molecule has 0 spiro atoms. The summed E-state index contributed by atoms with van der Waals surface area (Å²) in [7, 11) is 0. The Morgan fingerprint density at radius 3 is 2.57 bits per heavy atom. The molecule has 1 aliphatic rings. The van der Waals surface area contributed by atoms with Crippen LogP contribution >= 0.6 is 0 Å². The minimum Gasteiger partial charge on any atom is -0.481 e. The van der Waals surface area contributed by atoms with Gasteiger partial charge >= 0.3 is 5.97 Å². The molecule has 0 aliphatic carbocycles. The van der Waals surface area contributed by atoms with Crippen LogP contribution in [0.1, 0.15) is 24.5 Å². The molecule has 21 heavy (non-hydrogen) atoms. The van der Waals surface area contributed by atoms with Gasteiger partial charge < -0.3 is 14.7 Å². The van der Waals surface area contributed by atoms with Gasteiger partial charge in [0.1, 0.15) is 0 Å². The van der Waals surface area contributed by atoms with E-state index >= 15 is 0 Å². The predicted molar refractivity (Wildman–Crippen MR) is 78.1 cm³/mol. The van der Waals surface area contributed by atoms with E-state index in [-0.39, 0.29) is 12.3 Å². The molecule has 1 heterocycles. The van der Waals surface area contributed by atoms with Crippen LogP contribution in [0.2, 0.25) is 0 Å². The number of carbonyl (C=O) groups excluding carboxylic acids is 1. The highest BCUT2D eigenvalue weighted by molar-refractivity contribution is 5.79. The first kappa shape index (κ1) is 15.5. The Bertz CT molecular complexity index is 498. The second-order valence-electron chi connectivity index (χ2n) is 5.28. The van der Waals surface area contributed by atoms with Crippen LogP contribution in [-0.2, 0) is 27.2 Å². The van der Waals surface area contributed by atoms with Crippen molar-refractivity contribution in [2.45, 2.75) is 32.3 Å². The fourth-order valence-electron chi connectivity index (χ4n) is 2.44. The standard InChI is InChI=1S/C16H21NO4/c1-2-12-3-5-13(6-4-12)9-15(18)17-7-8-21-14(11-17)10-16(19)20/h3-6,14H,2,7-11H2,1H3,(H,19,20). The summed E-state index contributed by atoms with van der Waals surface area (Å²) in [6.07, 6.45) is 0.871. The topological polar surface area (TPSA) is 66.8 Å². The third-order valence-electron chi connectivity index (χ3n) is 3.68. The van der Waals surface area contributed by atoms with E-state index in [2.05, 4.69) is 6.92 Å². The molecule has 0 aromatic heterocycles. The predicted octanol–water partition coefficient (Wildman–Crippen LogP) is 1.49. The minimum absolute atomic E-state index is 0.0259. The average molecular weight is 291 g/mol. The van der Waals surface area contributed by atoms with E-state index in [1.165, 1.54) is 5.56 Å². The smallest absolute Gasteiger partial charge is 0.306 e. The fraction of sp³-hybridized carbons (Fsp3) is 0.500. The number of aliphatic carboxylic acids is 1. The quantitative estimate of drug-likeness (QED) is 0.892. The Morgan fingerprint density at radius 1 is 1.29 bits per heavy atom. The molecule has 114 valence electrons. The van der Waals surface area contributed by atoms with Crippen LogP contribution in [-0.4, -0.2) is 47.7 Å². The average Bonchev–Trinajstić information content (AvgIpc) is 2.47. The maximum absolute atomic E-state index is 12.3. The van der Waals surface area contributed by atoms with Gasteiger partial charge in [-0.3, -0.25) is 9.59 Å². The molecule has 2 rings (SSSR count). The molecule has 0 saturated carbocycles. The molecular formula is C16H21NO4. The van der Waals surface area contributed by atoms with Crippen molar-refractivity contribution >= 4 is 11.9 Å². The van der Waals surface area contributed by atoms with E-state index in [0.29, 0.717) is 26.1 Å². The lowest BCUT2D eigenvalue weighted by Crippen LogP contribution is -2.46. The molecule has 1 unspecified atom stereocenters. The van der Waals surface area contributed by atoms with Gasteiger partial charge in [0.05, 0.1) is 25.6 Å². The highest BCUT2D eigenvalue weighted by atomic mass is 16.5. The zero-order valence-corrected chi connectivity index (χ0v) is 12.2. The summed E-state index contributed by atoms with van der Waals surface area (Å²) in [5.41, 5.74) is 2.23. The number of carbonyl (C=O) groups is 2. The zero-order chi connectivity index (χ0) is 15.2. The fourth-order valence-corrected chi connectivity index (χ4v) is 2.44. The first-order valence-electron chi connectivity index (χ1n) is 7.27. The van der Waals surface area contributed by atoms with E-state index in [1.807, 2.05) is 24.3 Å². The lowest BCUT2D eigenvalue weighted by molar-refractivity contribution is -0.147. The van der Waals surface area contributed by atoms with Crippen molar-refractivity contribution in [3.63, 3.8) is 0 Å². The number of benzene rings is 1. The molecule has 0 radical (unpaired) electrons. The number of nitrogens with zero attached hydrogens (tertiary/aromatic N) is 1. The van der Waals surface area contributed by atoms with Gasteiger partial charge in [0.15, 0.2) is 0 Å².